The maximum atomic E-state index is 6.24. The molecule has 0 fully saturated rings. The average Bonchev–Trinajstić information content (AvgIpc) is 3.90. The minimum atomic E-state index is -0.283. The lowest BCUT2D eigenvalue weighted by molar-refractivity contribution is 0.660. The van der Waals surface area contributed by atoms with E-state index < -0.39 is 0 Å². The van der Waals surface area contributed by atoms with Crippen molar-refractivity contribution in [2.45, 2.75) is 31.6 Å². The Labute approximate surface area is 357 Å². The molecule has 2 heteroatoms. The van der Waals surface area contributed by atoms with Crippen LogP contribution in [0, 0.1) is 0 Å². The average molecular weight is 782 g/mol. The van der Waals surface area contributed by atoms with Gasteiger partial charge in [-0.1, -0.05) is 172 Å². The summed E-state index contributed by atoms with van der Waals surface area (Å²) in [4.78, 5) is 2.48. The van der Waals surface area contributed by atoms with Gasteiger partial charge in [0.05, 0.1) is 5.69 Å². The third-order valence-electron chi connectivity index (χ3n) is 13.8. The summed E-state index contributed by atoms with van der Waals surface area (Å²) in [6.07, 6.45) is 0. The Kier molecular flexibility index (Phi) is 7.74. The molecule has 0 spiro atoms. The van der Waals surface area contributed by atoms with Crippen LogP contribution >= 0.6 is 0 Å². The van der Waals surface area contributed by atoms with Crippen LogP contribution < -0.4 is 4.90 Å². The first kappa shape index (κ1) is 35.5. The van der Waals surface area contributed by atoms with Gasteiger partial charge in [0, 0.05) is 38.5 Å². The Hall–Kier alpha value is -7.42. The molecular weight excluding hydrogens is 739 g/mol. The third kappa shape index (κ3) is 5.22. The monoisotopic (exact) mass is 781 g/mol. The zero-order valence-corrected chi connectivity index (χ0v) is 34.5. The number of benzene rings is 9. The van der Waals surface area contributed by atoms with Gasteiger partial charge in [0.15, 0.2) is 0 Å². The summed E-state index contributed by atoms with van der Waals surface area (Å²) < 4.78 is 6.24. The van der Waals surface area contributed by atoms with Gasteiger partial charge in [0.25, 0.3) is 0 Å². The van der Waals surface area contributed by atoms with Crippen LogP contribution in [0.1, 0.15) is 48.6 Å². The minimum absolute atomic E-state index is 0.106. The molecule has 61 heavy (non-hydrogen) atoms. The number of nitrogens with zero attached hydrogens (tertiary/aromatic N) is 1. The Morgan fingerprint density at radius 1 is 0.377 bits per heavy atom. The van der Waals surface area contributed by atoms with E-state index in [2.05, 4.69) is 220 Å². The van der Waals surface area contributed by atoms with Crippen molar-refractivity contribution in [2.75, 3.05) is 4.90 Å². The van der Waals surface area contributed by atoms with E-state index in [9.17, 15) is 0 Å². The number of rotatable bonds is 6. The highest BCUT2D eigenvalue weighted by Gasteiger charge is 2.41. The molecule has 1 unspecified atom stereocenters. The molecule has 9 aromatic carbocycles. The second-order valence-corrected chi connectivity index (χ2v) is 17.4. The summed E-state index contributed by atoms with van der Waals surface area (Å²) in [5.74, 6) is 0. The SMILES string of the molecule is CC1(C)c2ccccc2-c2c(-c3ccccc3N(c3cccc(-c4ccc5oc6ccccc6c5c4)c3)c3ccc4c(c3)-c3ccccc3C4(C)c3ccccc3)cccc21. The van der Waals surface area contributed by atoms with Crippen LogP contribution in [-0.4, -0.2) is 0 Å². The van der Waals surface area contributed by atoms with Gasteiger partial charge in [-0.2, -0.15) is 0 Å². The highest BCUT2D eigenvalue weighted by molar-refractivity contribution is 6.06. The van der Waals surface area contributed by atoms with Gasteiger partial charge in [-0.15, -0.1) is 0 Å². The molecule has 2 nitrogen and oxygen atoms in total. The lowest BCUT2D eigenvalue weighted by Crippen LogP contribution is -2.22. The van der Waals surface area contributed by atoms with Gasteiger partial charge in [0.2, 0.25) is 0 Å². The summed E-state index contributed by atoms with van der Waals surface area (Å²) >= 11 is 0. The van der Waals surface area contributed by atoms with Crippen molar-refractivity contribution < 1.29 is 4.42 Å². The number of hydrogen-bond donors (Lipinski definition) is 0. The molecule has 2 aliphatic rings. The standard InChI is InChI=1S/C59H43NO/c1-58(2)50-26-11-8-24-47(50)57-46(25-16-28-53(57)58)44-22-9-13-29-54(44)60(41-20-15-17-38(35-41)39-31-34-56-49(36-39)45-23-10-14-30-55(45)61-56)42-32-33-52-48(37-42)43-21-7-12-27-51(43)59(52,3)40-18-5-4-6-19-40/h4-37H,1-3H3. The molecule has 1 atom stereocenters. The Balaban J connectivity index is 1.09. The van der Waals surface area contributed by atoms with Gasteiger partial charge in [-0.05, 0) is 122 Å². The quantitative estimate of drug-likeness (QED) is 0.167. The van der Waals surface area contributed by atoms with Gasteiger partial charge in [-0.3, -0.25) is 0 Å². The molecule has 10 aromatic rings. The van der Waals surface area contributed by atoms with E-state index in [1.165, 1.54) is 61.2 Å². The van der Waals surface area contributed by atoms with E-state index in [0.29, 0.717) is 0 Å². The first-order valence-electron chi connectivity index (χ1n) is 21.3. The van der Waals surface area contributed by atoms with Gasteiger partial charge in [0.1, 0.15) is 11.2 Å². The fourth-order valence-corrected chi connectivity index (χ4v) is 10.7. The molecule has 290 valence electrons. The molecule has 0 saturated carbocycles. The Morgan fingerprint density at radius 2 is 1.00 bits per heavy atom. The van der Waals surface area contributed by atoms with Crippen LogP contribution in [0.25, 0.3) is 66.4 Å². The molecular formula is C59H43NO. The minimum Gasteiger partial charge on any atom is -0.456 e. The first-order chi connectivity index (χ1) is 29.9. The third-order valence-corrected chi connectivity index (χ3v) is 13.8. The zero-order valence-electron chi connectivity index (χ0n) is 34.5. The van der Waals surface area contributed by atoms with E-state index in [1.807, 2.05) is 12.1 Å². The van der Waals surface area contributed by atoms with Crippen molar-refractivity contribution >= 4 is 39.0 Å². The lowest BCUT2D eigenvalue weighted by Gasteiger charge is -2.31. The van der Waals surface area contributed by atoms with E-state index in [-0.39, 0.29) is 10.8 Å². The number of hydrogen-bond acceptors (Lipinski definition) is 2. The van der Waals surface area contributed by atoms with E-state index >= 15 is 0 Å². The van der Waals surface area contributed by atoms with Gasteiger partial charge >= 0.3 is 0 Å². The topological polar surface area (TPSA) is 16.4 Å². The van der Waals surface area contributed by atoms with Gasteiger partial charge < -0.3 is 9.32 Å². The number of furan rings is 1. The summed E-state index contributed by atoms with van der Waals surface area (Å²) in [5.41, 5.74) is 21.4. The number of para-hydroxylation sites is 2. The van der Waals surface area contributed by atoms with Crippen LogP contribution in [0.5, 0.6) is 0 Å². The highest BCUT2D eigenvalue weighted by Crippen LogP contribution is 2.56. The molecule has 0 aliphatic heterocycles. The number of fused-ring (bicyclic) bond motifs is 9. The molecule has 0 N–H and O–H groups in total. The normalized spacial score (nSPS) is 15.7. The predicted octanol–water partition coefficient (Wildman–Crippen LogP) is 16.0. The zero-order chi connectivity index (χ0) is 40.9. The Bertz CT molecular complexity index is 3370. The molecule has 2 aliphatic carbocycles. The molecule has 12 rings (SSSR count). The van der Waals surface area contributed by atoms with Crippen molar-refractivity contribution in [1.82, 2.24) is 0 Å². The van der Waals surface area contributed by atoms with Gasteiger partial charge in [-0.25, -0.2) is 0 Å². The molecule has 0 saturated heterocycles. The maximum Gasteiger partial charge on any atom is 0.135 e. The highest BCUT2D eigenvalue weighted by atomic mass is 16.3. The summed E-state index contributed by atoms with van der Waals surface area (Å²) in [7, 11) is 0. The van der Waals surface area contributed by atoms with Crippen LogP contribution in [0.15, 0.2) is 211 Å². The lowest BCUT2D eigenvalue weighted by atomic mass is 9.74. The molecule has 0 radical (unpaired) electrons. The second kappa shape index (κ2) is 13.3. The maximum absolute atomic E-state index is 6.24. The molecule has 0 amide bonds. The first-order valence-corrected chi connectivity index (χ1v) is 21.3. The smallest absolute Gasteiger partial charge is 0.135 e. The molecule has 1 heterocycles. The van der Waals surface area contributed by atoms with Crippen molar-refractivity contribution in [3.05, 3.63) is 234 Å². The van der Waals surface area contributed by atoms with Crippen LogP contribution in [0.2, 0.25) is 0 Å². The fourth-order valence-electron chi connectivity index (χ4n) is 10.7. The van der Waals surface area contributed by atoms with Crippen molar-refractivity contribution in [3.63, 3.8) is 0 Å². The van der Waals surface area contributed by atoms with Crippen LogP contribution in [-0.2, 0) is 10.8 Å². The van der Waals surface area contributed by atoms with E-state index in [4.69, 9.17) is 4.42 Å². The summed E-state index contributed by atoms with van der Waals surface area (Å²) in [6, 6.07) is 75.9. The van der Waals surface area contributed by atoms with Crippen LogP contribution in [0.4, 0.5) is 17.1 Å². The van der Waals surface area contributed by atoms with Crippen molar-refractivity contribution in [1.29, 1.82) is 0 Å². The largest absolute Gasteiger partial charge is 0.456 e. The molecule has 0 bridgehead atoms. The van der Waals surface area contributed by atoms with Crippen molar-refractivity contribution in [2.24, 2.45) is 0 Å². The Morgan fingerprint density at radius 3 is 1.87 bits per heavy atom. The van der Waals surface area contributed by atoms with E-state index in [1.54, 1.807) is 0 Å². The van der Waals surface area contributed by atoms with E-state index in [0.717, 1.165) is 50.1 Å². The van der Waals surface area contributed by atoms with Crippen molar-refractivity contribution in [3.8, 4) is 44.5 Å². The molecule has 1 aromatic heterocycles. The number of anilines is 3. The summed E-state index contributed by atoms with van der Waals surface area (Å²) in [5, 5.41) is 2.26. The summed E-state index contributed by atoms with van der Waals surface area (Å²) in [6.45, 7) is 7.11. The second-order valence-electron chi connectivity index (χ2n) is 17.4. The predicted molar refractivity (Wildman–Crippen MR) is 254 cm³/mol. The van der Waals surface area contributed by atoms with Crippen LogP contribution in [0.3, 0.4) is 0 Å². The fraction of sp³-hybridized carbons (Fsp3) is 0.0847.